The first-order valence-electron chi connectivity index (χ1n) is 10.1. The first-order chi connectivity index (χ1) is 13.5. The number of hydrogen-bond acceptors (Lipinski definition) is 4. The molecule has 1 aliphatic rings. The summed E-state index contributed by atoms with van der Waals surface area (Å²) < 4.78 is 0. The van der Waals surface area contributed by atoms with Crippen LogP contribution in [0.3, 0.4) is 0 Å². The third-order valence-electron chi connectivity index (χ3n) is 5.56. The molecule has 2 aromatic rings. The molecule has 1 aliphatic carbocycles. The fourth-order valence-electron chi connectivity index (χ4n) is 3.75. The van der Waals surface area contributed by atoms with Crippen molar-refractivity contribution in [2.24, 2.45) is 11.7 Å². The number of hydrogen-bond donors (Lipinski definition) is 3. The average molecular weight is 379 g/mol. The summed E-state index contributed by atoms with van der Waals surface area (Å²) in [6.07, 6.45) is 4.76. The second-order valence-electron chi connectivity index (χ2n) is 7.68. The monoisotopic (exact) mass is 378 g/mol. The molecule has 4 nitrogen and oxygen atoms in total. The first-order valence-corrected chi connectivity index (χ1v) is 10.1. The lowest BCUT2D eigenvalue weighted by Crippen LogP contribution is -2.21. The van der Waals surface area contributed by atoms with Crippen molar-refractivity contribution < 1.29 is 9.90 Å². The summed E-state index contributed by atoms with van der Waals surface area (Å²) in [5.74, 6) is 0.518. The van der Waals surface area contributed by atoms with Crippen LogP contribution in [-0.2, 0) is 11.2 Å². The smallest absolute Gasteiger partial charge is 0.146 e. The molecule has 0 unspecified atom stereocenters. The maximum absolute atomic E-state index is 11.4. The molecule has 4 N–H and O–H groups in total. The van der Waals surface area contributed by atoms with Gasteiger partial charge in [-0.3, -0.25) is 4.79 Å². The Morgan fingerprint density at radius 3 is 2.46 bits per heavy atom. The number of aryl methyl sites for hydroxylation is 1. The Kier molecular flexibility index (Phi) is 7.01. The molecule has 0 bridgehead atoms. The highest BCUT2D eigenvalue weighted by molar-refractivity contribution is 5.80. The van der Waals surface area contributed by atoms with Gasteiger partial charge >= 0.3 is 0 Å². The van der Waals surface area contributed by atoms with E-state index in [0.29, 0.717) is 12.3 Å². The molecule has 4 heteroatoms. The van der Waals surface area contributed by atoms with Gasteiger partial charge in [-0.15, -0.1) is 0 Å². The number of carbonyl (C=O) groups is 1. The number of allylic oxidation sites excluding steroid dienone is 1. The molecule has 0 amide bonds. The molecule has 148 valence electrons. The van der Waals surface area contributed by atoms with Gasteiger partial charge in [0.15, 0.2) is 0 Å². The van der Waals surface area contributed by atoms with E-state index in [-0.39, 0.29) is 18.4 Å². The summed E-state index contributed by atoms with van der Waals surface area (Å²) in [6, 6.07) is 16.7. The van der Waals surface area contributed by atoms with E-state index in [9.17, 15) is 9.90 Å². The van der Waals surface area contributed by atoms with E-state index in [2.05, 4.69) is 48.3 Å². The van der Waals surface area contributed by atoms with Gasteiger partial charge in [0.1, 0.15) is 5.78 Å². The van der Waals surface area contributed by atoms with Gasteiger partial charge in [0.05, 0.1) is 12.6 Å². The van der Waals surface area contributed by atoms with Gasteiger partial charge in [-0.2, -0.15) is 0 Å². The van der Waals surface area contributed by atoms with Gasteiger partial charge in [0, 0.05) is 17.8 Å². The number of nitrogens with one attached hydrogen (secondary N) is 1. The number of anilines is 1. The Balaban J connectivity index is 1.61. The zero-order valence-corrected chi connectivity index (χ0v) is 16.4. The van der Waals surface area contributed by atoms with E-state index in [1.807, 2.05) is 12.1 Å². The molecule has 1 saturated carbocycles. The summed E-state index contributed by atoms with van der Waals surface area (Å²) in [4.78, 5) is 11.4. The van der Waals surface area contributed by atoms with E-state index in [0.717, 1.165) is 60.2 Å². The van der Waals surface area contributed by atoms with Gasteiger partial charge in [-0.25, -0.2) is 0 Å². The SMILES string of the molecule is C=C(Nc1ccc(-c2cccc(CCC(=O)CN)c2)cc1)C1CCC(O)CC1. The number of ketones is 1. The topological polar surface area (TPSA) is 75.4 Å². The molecule has 1 fully saturated rings. The van der Waals surface area contributed by atoms with E-state index < -0.39 is 0 Å². The highest BCUT2D eigenvalue weighted by atomic mass is 16.3. The predicted molar refractivity (Wildman–Crippen MR) is 115 cm³/mol. The molecule has 3 rings (SSSR count). The van der Waals surface area contributed by atoms with Crippen LogP contribution in [0.25, 0.3) is 11.1 Å². The predicted octanol–water partition coefficient (Wildman–Crippen LogP) is 4.29. The van der Waals surface area contributed by atoms with Gasteiger partial charge in [-0.1, -0.05) is 43.0 Å². The summed E-state index contributed by atoms with van der Waals surface area (Å²) >= 11 is 0. The highest BCUT2D eigenvalue weighted by Crippen LogP contribution is 2.30. The minimum absolute atomic E-state index is 0.0912. The molecular formula is C24H30N2O2. The minimum atomic E-state index is -0.146. The van der Waals surface area contributed by atoms with Crippen LogP contribution in [0.2, 0.25) is 0 Å². The third kappa shape index (κ3) is 5.54. The average Bonchev–Trinajstić information content (AvgIpc) is 2.73. The lowest BCUT2D eigenvalue weighted by atomic mass is 9.85. The summed E-state index contributed by atoms with van der Waals surface area (Å²) in [6.45, 7) is 4.32. The lowest BCUT2D eigenvalue weighted by molar-refractivity contribution is -0.117. The van der Waals surface area contributed by atoms with Crippen molar-refractivity contribution in [3.8, 4) is 11.1 Å². The van der Waals surface area contributed by atoms with Gasteiger partial charge in [-0.05, 0) is 66.8 Å². The largest absolute Gasteiger partial charge is 0.393 e. The van der Waals surface area contributed by atoms with Crippen molar-refractivity contribution in [3.63, 3.8) is 0 Å². The maximum Gasteiger partial charge on any atom is 0.146 e. The fraction of sp³-hybridized carbons (Fsp3) is 0.375. The van der Waals surface area contributed by atoms with Crippen LogP contribution in [0, 0.1) is 5.92 Å². The second-order valence-corrected chi connectivity index (χ2v) is 7.68. The summed E-state index contributed by atoms with van der Waals surface area (Å²) in [5.41, 5.74) is 10.9. The van der Waals surface area contributed by atoms with Gasteiger partial charge in [0.2, 0.25) is 0 Å². The standard InChI is InChI=1S/C24H30N2O2/c1-17(19-8-13-23(27)14-9-19)26-22-10-6-20(7-11-22)21-4-2-3-18(15-21)5-12-24(28)16-25/h2-4,6-7,10-11,15,19,23,26-27H,1,5,8-9,12-14,16,25H2. The lowest BCUT2D eigenvalue weighted by Gasteiger charge is -2.27. The molecule has 0 saturated heterocycles. The van der Waals surface area contributed by atoms with Crippen molar-refractivity contribution in [3.05, 3.63) is 66.4 Å². The second kappa shape index (κ2) is 9.67. The van der Waals surface area contributed by atoms with Crippen molar-refractivity contribution in [1.29, 1.82) is 0 Å². The molecule has 28 heavy (non-hydrogen) atoms. The van der Waals surface area contributed by atoms with Crippen LogP contribution < -0.4 is 11.1 Å². The zero-order chi connectivity index (χ0) is 19.9. The molecule has 0 atom stereocenters. The number of benzene rings is 2. The van der Waals surface area contributed by atoms with Crippen LogP contribution in [0.15, 0.2) is 60.8 Å². The number of aliphatic hydroxyl groups is 1. The minimum Gasteiger partial charge on any atom is -0.393 e. The molecular weight excluding hydrogens is 348 g/mol. The first kappa shape index (κ1) is 20.3. The molecule has 0 spiro atoms. The summed E-state index contributed by atoms with van der Waals surface area (Å²) in [7, 11) is 0. The molecule has 0 heterocycles. The van der Waals surface area contributed by atoms with Crippen LogP contribution in [0.1, 0.15) is 37.7 Å². The number of rotatable bonds is 8. The number of nitrogens with two attached hydrogens (primary N) is 1. The Morgan fingerprint density at radius 2 is 1.79 bits per heavy atom. The van der Waals surface area contributed by atoms with E-state index in [1.54, 1.807) is 0 Å². The normalized spacial score (nSPS) is 19.2. The molecule has 0 aromatic heterocycles. The maximum atomic E-state index is 11.4. The molecule has 0 radical (unpaired) electrons. The van der Waals surface area contributed by atoms with Crippen molar-refractivity contribution >= 4 is 11.5 Å². The zero-order valence-electron chi connectivity index (χ0n) is 16.4. The van der Waals surface area contributed by atoms with E-state index >= 15 is 0 Å². The van der Waals surface area contributed by atoms with E-state index in [4.69, 9.17) is 5.73 Å². The van der Waals surface area contributed by atoms with Gasteiger partial charge < -0.3 is 16.2 Å². The quantitative estimate of drug-likeness (QED) is 0.640. The van der Waals surface area contributed by atoms with E-state index in [1.165, 1.54) is 0 Å². The van der Waals surface area contributed by atoms with Crippen LogP contribution in [-0.4, -0.2) is 23.5 Å². The Labute approximate surface area is 167 Å². The molecule has 2 aromatic carbocycles. The highest BCUT2D eigenvalue weighted by Gasteiger charge is 2.21. The number of aliphatic hydroxyl groups excluding tert-OH is 1. The van der Waals surface area contributed by atoms with Crippen molar-refractivity contribution in [2.45, 2.75) is 44.6 Å². The number of Topliss-reactive ketones (excluding diaryl/α,β-unsaturated/α-hetero) is 1. The van der Waals surface area contributed by atoms with Crippen LogP contribution in [0.4, 0.5) is 5.69 Å². The van der Waals surface area contributed by atoms with Crippen LogP contribution in [0.5, 0.6) is 0 Å². The Hall–Kier alpha value is -2.43. The fourth-order valence-corrected chi connectivity index (χ4v) is 3.75. The Bertz CT molecular complexity index is 806. The Morgan fingerprint density at radius 1 is 1.07 bits per heavy atom. The van der Waals surface area contributed by atoms with Gasteiger partial charge in [0.25, 0.3) is 0 Å². The van der Waals surface area contributed by atoms with Crippen molar-refractivity contribution in [2.75, 3.05) is 11.9 Å². The van der Waals surface area contributed by atoms with Crippen molar-refractivity contribution in [1.82, 2.24) is 0 Å². The van der Waals surface area contributed by atoms with Crippen LogP contribution >= 0.6 is 0 Å². The number of carbonyl (C=O) groups excluding carboxylic acids is 1. The summed E-state index contributed by atoms with van der Waals surface area (Å²) in [5, 5.41) is 13.1. The molecule has 0 aliphatic heterocycles. The third-order valence-corrected chi connectivity index (χ3v) is 5.56.